The minimum absolute atomic E-state index is 0.0593. The van der Waals surface area contributed by atoms with Crippen molar-refractivity contribution in [1.82, 2.24) is 4.72 Å². The lowest BCUT2D eigenvalue weighted by Gasteiger charge is -2.08. The molecule has 2 aromatic rings. The van der Waals surface area contributed by atoms with Crippen LogP contribution in [-0.4, -0.2) is 39.9 Å². The highest BCUT2D eigenvalue weighted by molar-refractivity contribution is 7.89. The minimum Gasteiger partial charge on any atom is -0.494 e. The molecular formula is C17H18ClNO6S2. The van der Waals surface area contributed by atoms with Crippen LogP contribution in [0.15, 0.2) is 41.3 Å². The first-order chi connectivity index (χ1) is 12.8. The van der Waals surface area contributed by atoms with Gasteiger partial charge in [0.15, 0.2) is 6.61 Å². The van der Waals surface area contributed by atoms with Crippen molar-refractivity contribution in [3.8, 4) is 5.75 Å². The number of carbonyl (C=O) groups is 2. The Balaban J connectivity index is 1.77. The number of carbonyl (C=O) groups excluding carboxylic acids is 2. The molecule has 0 unspecified atom stereocenters. The highest BCUT2D eigenvalue weighted by Crippen LogP contribution is 2.21. The zero-order valence-corrected chi connectivity index (χ0v) is 16.8. The predicted octanol–water partition coefficient (Wildman–Crippen LogP) is 2.89. The van der Waals surface area contributed by atoms with E-state index in [4.69, 9.17) is 21.1 Å². The van der Waals surface area contributed by atoms with Gasteiger partial charge in [0.05, 0.1) is 27.1 Å². The fraction of sp³-hybridized carbons (Fsp3) is 0.294. The lowest BCUT2D eigenvalue weighted by molar-refractivity contribution is -0.142. The standard InChI is InChI=1S/C17H18ClNO6S2/c1-2-24-12-3-5-13(6-4-12)27(22,23)19-10-9-17(21)25-11-14(20)15-7-8-16(18)26-15/h3-8,19H,2,9-11H2,1H3. The molecule has 0 saturated heterocycles. The molecular weight excluding hydrogens is 414 g/mol. The largest absolute Gasteiger partial charge is 0.494 e. The van der Waals surface area contributed by atoms with Gasteiger partial charge < -0.3 is 9.47 Å². The Kier molecular flexibility index (Phi) is 7.78. The molecule has 10 heteroatoms. The summed E-state index contributed by atoms with van der Waals surface area (Å²) in [6.07, 6.45) is -0.200. The summed E-state index contributed by atoms with van der Waals surface area (Å²) in [5.74, 6) is -0.479. The lowest BCUT2D eigenvalue weighted by Crippen LogP contribution is -2.27. The van der Waals surface area contributed by atoms with Crippen molar-refractivity contribution in [2.24, 2.45) is 0 Å². The zero-order valence-electron chi connectivity index (χ0n) is 14.4. The second kappa shape index (κ2) is 9.84. The zero-order chi connectivity index (χ0) is 19.9. The summed E-state index contributed by atoms with van der Waals surface area (Å²) in [6, 6.07) is 9.06. The Bertz CT molecular complexity index is 892. The van der Waals surface area contributed by atoms with Crippen molar-refractivity contribution in [3.05, 3.63) is 45.6 Å². The Morgan fingerprint density at radius 3 is 2.44 bits per heavy atom. The van der Waals surface area contributed by atoms with E-state index >= 15 is 0 Å². The Morgan fingerprint density at radius 2 is 1.85 bits per heavy atom. The second-order valence-corrected chi connectivity index (χ2v) is 8.72. The number of halogens is 1. The Hall–Kier alpha value is -1.94. The molecule has 0 radical (unpaired) electrons. The number of sulfonamides is 1. The number of Topliss-reactive ketones (excluding diaryl/α,β-unsaturated/α-hetero) is 1. The molecule has 27 heavy (non-hydrogen) atoms. The molecule has 1 aromatic heterocycles. The van der Waals surface area contributed by atoms with Crippen molar-refractivity contribution in [3.63, 3.8) is 0 Å². The SMILES string of the molecule is CCOc1ccc(S(=O)(=O)NCCC(=O)OCC(=O)c2ccc(Cl)s2)cc1. The van der Waals surface area contributed by atoms with E-state index in [0.29, 0.717) is 21.6 Å². The van der Waals surface area contributed by atoms with Crippen LogP contribution in [0.5, 0.6) is 5.75 Å². The van der Waals surface area contributed by atoms with Gasteiger partial charge in [-0.25, -0.2) is 13.1 Å². The van der Waals surface area contributed by atoms with Gasteiger partial charge in [-0.3, -0.25) is 9.59 Å². The summed E-state index contributed by atoms with van der Waals surface area (Å²) in [7, 11) is -3.75. The topological polar surface area (TPSA) is 98.8 Å². The molecule has 2 rings (SSSR count). The van der Waals surface area contributed by atoms with Crippen LogP contribution in [0.4, 0.5) is 0 Å². The first-order valence-electron chi connectivity index (χ1n) is 7.98. The van der Waals surface area contributed by atoms with Crippen LogP contribution in [0, 0.1) is 0 Å². The van der Waals surface area contributed by atoms with Crippen molar-refractivity contribution in [1.29, 1.82) is 0 Å². The highest BCUT2D eigenvalue weighted by atomic mass is 35.5. The van der Waals surface area contributed by atoms with Crippen LogP contribution < -0.4 is 9.46 Å². The van der Waals surface area contributed by atoms with E-state index in [1.807, 2.05) is 6.92 Å². The molecule has 7 nitrogen and oxygen atoms in total. The van der Waals surface area contributed by atoms with Gasteiger partial charge in [0.1, 0.15) is 5.75 Å². The molecule has 0 aliphatic carbocycles. The molecule has 0 aliphatic rings. The van der Waals surface area contributed by atoms with E-state index in [1.165, 1.54) is 12.1 Å². The van der Waals surface area contributed by atoms with Crippen LogP contribution in [0.2, 0.25) is 4.34 Å². The van der Waals surface area contributed by atoms with Crippen molar-refractivity contribution >= 4 is 44.7 Å². The maximum absolute atomic E-state index is 12.2. The van der Waals surface area contributed by atoms with Gasteiger partial charge in [-0.15, -0.1) is 11.3 Å². The van der Waals surface area contributed by atoms with E-state index in [1.54, 1.807) is 24.3 Å². The van der Waals surface area contributed by atoms with Gasteiger partial charge in [-0.05, 0) is 43.3 Å². The Labute approximate surface area is 166 Å². The average Bonchev–Trinajstić information content (AvgIpc) is 3.07. The molecule has 1 aromatic carbocycles. The normalized spacial score (nSPS) is 11.2. The summed E-state index contributed by atoms with van der Waals surface area (Å²) in [6.45, 7) is 1.75. The van der Waals surface area contributed by atoms with Gasteiger partial charge >= 0.3 is 5.97 Å². The fourth-order valence-electron chi connectivity index (χ4n) is 2.01. The average molecular weight is 432 g/mol. The van der Waals surface area contributed by atoms with Crippen LogP contribution in [-0.2, 0) is 19.6 Å². The lowest BCUT2D eigenvalue weighted by atomic mass is 10.3. The smallest absolute Gasteiger partial charge is 0.307 e. The molecule has 0 bridgehead atoms. The number of benzene rings is 1. The molecule has 0 aliphatic heterocycles. The number of esters is 1. The van der Waals surface area contributed by atoms with E-state index in [-0.39, 0.29) is 23.6 Å². The van der Waals surface area contributed by atoms with Crippen LogP contribution in [0.1, 0.15) is 23.0 Å². The molecule has 1 heterocycles. The summed E-state index contributed by atoms with van der Waals surface area (Å²) < 4.78 is 37.2. The molecule has 146 valence electrons. The maximum atomic E-state index is 12.2. The summed E-state index contributed by atoms with van der Waals surface area (Å²) >= 11 is 6.83. The molecule has 0 spiro atoms. The Morgan fingerprint density at radius 1 is 1.15 bits per heavy atom. The van der Waals surface area contributed by atoms with Gasteiger partial charge in [0, 0.05) is 6.54 Å². The van der Waals surface area contributed by atoms with Gasteiger partial charge in [0.2, 0.25) is 15.8 Å². The van der Waals surface area contributed by atoms with E-state index in [2.05, 4.69) is 4.72 Å². The van der Waals surface area contributed by atoms with Crippen LogP contribution in [0.25, 0.3) is 0 Å². The summed E-state index contributed by atoms with van der Waals surface area (Å²) in [5.41, 5.74) is 0. The number of thiophene rings is 1. The van der Waals surface area contributed by atoms with Crippen LogP contribution in [0.3, 0.4) is 0 Å². The number of ether oxygens (including phenoxy) is 2. The van der Waals surface area contributed by atoms with Crippen molar-refractivity contribution < 1.29 is 27.5 Å². The first kappa shape index (κ1) is 21.4. The highest BCUT2D eigenvalue weighted by Gasteiger charge is 2.16. The molecule has 0 amide bonds. The van der Waals surface area contributed by atoms with Gasteiger partial charge in [-0.1, -0.05) is 11.6 Å². The molecule has 0 atom stereocenters. The number of ketones is 1. The molecule has 0 saturated carbocycles. The molecule has 0 fully saturated rings. The second-order valence-electron chi connectivity index (χ2n) is 5.24. The van der Waals surface area contributed by atoms with E-state index in [9.17, 15) is 18.0 Å². The van der Waals surface area contributed by atoms with Crippen molar-refractivity contribution in [2.75, 3.05) is 19.8 Å². The first-order valence-corrected chi connectivity index (χ1v) is 10.7. The third-order valence-electron chi connectivity index (χ3n) is 3.28. The summed E-state index contributed by atoms with van der Waals surface area (Å²) in [5, 5.41) is 0. The third-order valence-corrected chi connectivity index (χ3v) is 6.03. The fourth-order valence-corrected chi connectivity index (χ4v) is 4.01. The predicted molar refractivity (Wildman–Crippen MR) is 102 cm³/mol. The maximum Gasteiger partial charge on any atom is 0.307 e. The number of nitrogens with one attached hydrogen (secondary N) is 1. The third kappa shape index (κ3) is 6.62. The number of rotatable bonds is 10. The van der Waals surface area contributed by atoms with E-state index in [0.717, 1.165) is 11.3 Å². The van der Waals surface area contributed by atoms with Gasteiger partial charge in [0.25, 0.3) is 0 Å². The summed E-state index contributed by atoms with van der Waals surface area (Å²) in [4.78, 5) is 23.9. The quantitative estimate of drug-likeness (QED) is 0.458. The minimum atomic E-state index is -3.75. The molecule has 1 N–H and O–H groups in total. The number of hydrogen-bond acceptors (Lipinski definition) is 7. The van der Waals surface area contributed by atoms with Crippen LogP contribution >= 0.6 is 22.9 Å². The number of hydrogen-bond donors (Lipinski definition) is 1. The van der Waals surface area contributed by atoms with Gasteiger partial charge in [-0.2, -0.15) is 0 Å². The van der Waals surface area contributed by atoms with E-state index < -0.39 is 22.6 Å². The van der Waals surface area contributed by atoms with Crippen molar-refractivity contribution in [2.45, 2.75) is 18.2 Å². The monoisotopic (exact) mass is 431 g/mol.